The molecule has 1 aromatic rings. The van der Waals surface area contributed by atoms with Crippen molar-refractivity contribution < 1.29 is 0 Å². The molecule has 5 heteroatoms. The molecule has 4 nitrogen and oxygen atoms in total. The lowest BCUT2D eigenvalue weighted by atomic mass is 9.87. The monoisotopic (exact) mass is 327 g/mol. The molecule has 1 aliphatic rings. The maximum atomic E-state index is 12.2. The van der Waals surface area contributed by atoms with Crippen molar-refractivity contribution >= 4 is 21.6 Å². The molecule has 1 aromatic heterocycles. The first-order valence-corrected chi connectivity index (χ1v) is 7.82. The fraction of sp³-hybridized carbons (Fsp3) is 0.714. The van der Waals surface area contributed by atoms with Crippen LogP contribution < -0.4 is 10.9 Å². The Balaban J connectivity index is 2.17. The molecule has 0 spiro atoms. The minimum absolute atomic E-state index is 0.0659. The summed E-state index contributed by atoms with van der Waals surface area (Å²) in [5.41, 5.74) is 0.754. The zero-order valence-corrected chi connectivity index (χ0v) is 13.4. The molecule has 106 valence electrons. The molecule has 1 fully saturated rings. The van der Waals surface area contributed by atoms with Gasteiger partial charge in [0.05, 0.1) is 17.9 Å². The first kappa shape index (κ1) is 14.6. The first-order valence-electron chi connectivity index (χ1n) is 7.03. The van der Waals surface area contributed by atoms with Crippen LogP contribution in [0.1, 0.15) is 52.5 Å². The number of nitrogens with zero attached hydrogens (tertiary/aromatic N) is 2. The molecule has 0 aromatic carbocycles. The molecule has 19 heavy (non-hydrogen) atoms. The van der Waals surface area contributed by atoms with Crippen molar-refractivity contribution in [2.45, 2.75) is 58.5 Å². The molecule has 1 heterocycles. The summed E-state index contributed by atoms with van der Waals surface area (Å²) in [5.74, 6) is 0.758. The van der Waals surface area contributed by atoms with E-state index in [0.717, 1.165) is 11.6 Å². The summed E-state index contributed by atoms with van der Waals surface area (Å²) in [7, 11) is 0. The lowest BCUT2D eigenvalue weighted by molar-refractivity contribution is 0.358. The normalized spacial score (nSPS) is 23.6. The maximum Gasteiger partial charge on any atom is 0.283 e. The van der Waals surface area contributed by atoms with E-state index in [-0.39, 0.29) is 11.6 Å². The average molecular weight is 328 g/mol. The maximum absolute atomic E-state index is 12.2. The van der Waals surface area contributed by atoms with E-state index in [9.17, 15) is 4.79 Å². The van der Waals surface area contributed by atoms with Crippen molar-refractivity contribution in [1.82, 2.24) is 9.78 Å². The molecule has 2 unspecified atom stereocenters. The molecule has 0 aliphatic heterocycles. The molecule has 2 atom stereocenters. The van der Waals surface area contributed by atoms with Gasteiger partial charge < -0.3 is 5.32 Å². The van der Waals surface area contributed by atoms with Gasteiger partial charge in [-0.15, -0.1) is 0 Å². The number of aromatic nitrogens is 2. The zero-order chi connectivity index (χ0) is 14.0. The lowest BCUT2D eigenvalue weighted by Crippen LogP contribution is -2.30. The molecule has 0 radical (unpaired) electrons. The van der Waals surface area contributed by atoms with Gasteiger partial charge in [-0.05, 0) is 48.5 Å². The summed E-state index contributed by atoms with van der Waals surface area (Å²) < 4.78 is 2.09. The van der Waals surface area contributed by atoms with Crippen molar-refractivity contribution in [2.24, 2.45) is 5.92 Å². The van der Waals surface area contributed by atoms with Crippen LogP contribution in [-0.2, 0) is 0 Å². The Morgan fingerprint density at radius 3 is 2.84 bits per heavy atom. The minimum atomic E-state index is -0.0659. The van der Waals surface area contributed by atoms with E-state index in [1.54, 1.807) is 6.20 Å². The van der Waals surface area contributed by atoms with Gasteiger partial charge in [-0.2, -0.15) is 5.10 Å². The van der Waals surface area contributed by atoms with Crippen molar-refractivity contribution in [3.05, 3.63) is 21.0 Å². The lowest BCUT2D eigenvalue weighted by Gasteiger charge is -2.28. The van der Waals surface area contributed by atoms with E-state index in [1.807, 2.05) is 13.8 Å². The van der Waals surface area contributed by atoms with Gasteiger partial charge in [0, 0.05) is 6.04 Å². The van der Waals surface area contributed by atoms with E-state index in [2.05, 4.69) is 33.3 Å². The van der Waals surface area contributed by atoms with Crippen LogP contribution in [0.15, 0.2) is 15.5 Å². The first-order chi connectivity index (χ1) is 8.99. The number of hydrogen-bond donors (Lipinski definition) is 1. The van der Waals surface area contributed by atoms with Gasteiger partial charge in [-0.25, -0.2) is 4.68 Å². The Hall–Kier alpha value is -0.840. The molecule has 2 rings (SSSR count). The highest BCUT2D eigenvalue weighted by atomic mass is 79.9. The van der Waals surface area contributed by atoms with Crippen LogP contribution in [0.2, 0.25) is 0 Å². The van der Waals surface area contributed by atoms with E-state index in [1.165, 1.54) is 30.4 Å². The van der Waals surface area contributed by atoms with Gasteiger partial charge in [0.15, 0.2) is 0 Å². The number of hydrogen-bond acceptors (Lipinski definition) is 3. The van der Waals surface area contributed by atoms with Gasteiger partial charge >= 0.3 is 0 Å². The second-order valence-corrected chi connectivity index (χ2v) is 6.62. The Morgan fingerprint density at radius 2 is 2.21 bits per heavy atom. The number of rotatable bonds is 3. The Morgan fingerprint density at radius 1 is 1.47 bits per heavy atom. The summed E-state index contributed by atoms with van der Waals surface area (Å²) in [6, 6.07) is 0.531. The number of halogens is 1. The minimum Gasteiger partial charge on any atom is -0.380 e. The van der Waals surface area contributed by atoms with Crippen LogP contribution >= 0.6 is 15.9 Å². The Labute approximate surface area is 122 Å². The van der Waals surface area contributed by atoms with E-state index < -0.39 is 0 Å². The van der Waals surface area contributed by atoms with E-state index >= 15 is 0 Å². The second-order valence-electron chi connectivity index (χ2n) is 5.83. The highest BCUT2D eigenvalue weighted by Crippen LogP contribution is 2.27. The smallest absolute Gasteiger partial charge is 0.283 e. The fourth-order valence-electron chi connectivity index (χ4n) is 2.70. The Kier molecular flexibility index (Phi) is 4.66. The van der Waals surface area contributed by atoms with Crippen molar-refractivity contribution in [3.63, 3.8) is 0 Å². The van der Waals surface area contributed by atoms with Crippen molar-refractivity contribution in [1.29, 1.82) is 0 Å². The third kappa shape index (κ3) is 3.38. The quantitative estimate of drug-likeness (QED) is 0.923. The summed E-state index contributed by atoms with van der Waals surface area (Å²) in [5, 5.41) is 7.70. The largest absolute Gasteiger partial charge is 0.380 e. The second kappa shape index (κ2) is 6.07. The van der Waals surface area contributed by atoms with Crippen LogP contribution in [0.4, 0.5) is 5.69 Å². The summed E-state index contributed by atoms with van der Waals surface area (Å²) in [6.45, 7) is 6.20. The van der Waals surface area contributed by atoms with Crippen molar-refractivity contribution in [3.8, 4) is 0 Å². The van der Waals surface area contributed by atoms with Crippen LogP contribution in [-0.4, -0.2) is 15.8 Å². The molecule has 1 N–H and O–H groups in total. The third-order valence-corrected chi connectivity index (χ3v) is 4.50. The van der Waals surface area contributed by atoms with Gasteiger partial charge in [0.1, 0.15) is 4.47 Å². The van der Waals surface area contributed by atoms with Crippen LogP contribution in [0.3, 0.4) is 0 Å². The van der Waals surface area contributed by atoms with E-state index in [0.29, 0.717) is 10.5 Å². The summed E-state index contributed by atoms with van der Waals surface area (Å²) >= 11 is 3.41. The van der Waals surface area contributed by atoms with Gasteiger partial charge in [-0.3, -0.25) is 4.79 Å². The molecule has 1 saturated carbocycles. The van der Waals surface area contributed by atoms with Gasteiger partial charge in [0.2, 0.25) is 0 Å². The molecule has 0 saturated heterocycles. The third-order valence-electron chi connectivity index (χ3n) is 3.73. The highest BCUT2D eigenvalue weighted by Gasteiger charge is 2.20. The number of nitrogens with one attached hydrogen (secondary N) is 1. The highest BCUT2D eigenvalue weighted by molar-refractivity contribution is 9.10. The molecular formula is C14H22BrN3O. The van der Waals surface area contributed by atoms with Gasteiger partial charge in [0.25, 0.3) is 5.56 Å². The summed E-state index contributed by atoms with van der Waals surface area (Å²) in [4.78, 5) is 12.2. The molecule has 0 amide bonds. The predicted molar refractivity (Wildman–Crippen MR) is 81.6 cm³/mol. The van der Waals surface area contributed by atoms with Crippen LogP contribution in [0, 0.1) is 5.92 Å². The van der Waals surface area contributed by atoms with Gasteiger partial charge in [-0.1, -0.05) is 19.8 Å². The SMILES string of the molecule is CC1CCCC(Nc2cnn(C(C)C)c(=O)c2Br)C1. The van der Waals surface area contributed by atoms with Crippen molar-refractivity contribution in [2.75, 3.05) is 5.32 Å². The fourth-order valence-corrected chi connectivity index (χ4v) is 3.10. The summed E-state index contributed by atoms with van der Waals surface area (Å²) in [6.07, 6.45) is 6.66. The standard InChI is InChI=1S/C14H22BrN3O/c1-9(2)18-14(19)13(15)12(8-16-18)17-11-6-4-5-10(3)7-11/h8-11,17H,4-7H2,1-3H3. The molecular weight excluding hydrogens is 306 g/mol. The zero-order valence-electron chi connectivity index (χ0n) is 11.8. The molecule has 0 bridgehead atoms. The predicted octanol–water partition coefficient (Wildman–Crippen LogP) is 3.58. The molecule has 1 aliphatic carbocycles. The van der Waals surface area contributed by atoms with Crippen LogP contribution in [0.25, 0.3) is 0 Å². The average Bonchev–Trinajstić information content (AvgIpc) is 2.35. The number of anilines is 1. The topological polar surface area (TPSA) is 46.9 Å². The van der Waals surface area contributed by atoms with E-state index in [4.69, 9.17) is 0 Å². The Bertz CT molecular complexity index is 498. The van der Waals surface area contributed by atoms with Crippen LogP contribution in [0.5, 0.6) is 0 Å².